The zero-order valence-electron chi connectivity index (χ0n) is 14.7. The molecule has 2 aliphatic rings. The van der Waals surface area contributed by atoms with E-state index >= 15 is 0 Å². The third-order valence-electron chi connectivity index (χ3n) is 5.36. The summed E-state index contributed by atoms with van der Waals surface area (Å²) in [5.74, 6) is 0.143. The van der Waals surface area contributed by atoms with Gasteiger partial charge in [0.2, 0.25) is 0 Å². The van der Waals surface area contributed by atoms with Crippen molar-refractivity contribution >= 4 is 11.8 Å². The molecule has 1 unspecified atom stereocenters. The second kappa shape index (κ2) is 7.82. The van der Waals surface area contributed by atoms with Crippen molar-refractivity contribution in [3.8, 4) is 0 Å². The van der Waals surface area contributed by atoms with Crippen molar-refractivity contribution < 1.29 is 9.59 Å². The van der Waals surface area contributed by atoms with Crippen LogP contribution in [0, 0.1) is 0 Å². The molecule has 1 aromatic rings. The van der Waals surface area contributed by atoms with Gasteiger partial charge in [-0.2, -0.15) is 0 Å². The summed E-state index contributed by atoms with van der Waals surface area (Å²) in [5.41, 5.74) is 1.30. The van der Waals surface area contributed by atoms with E-state index in [0.29, 0.717) is 17.2 Å². The number of rotatable bonds is 3. The Labute approximate surface area is 144 Å². The molecule has 1 atom stereocenters. The molecule has 2 amide bonds. The van der Waals surface area contributed by atoms with Gasteiger partial charge in [-0.25, -0.2) is 0 Å². The third kappa shape index (κ3) is 3.63. The van der Waals surface area contributed by atoms with E-state index in [2.05, 4.69) is 6.92 Å². The predicted octanol–water partition coefficient (Wildman–Crippen LogP) is 3.72. The lowest BCUT2D eigenvalue weighted by Crippen LogP contribution is -2.43. The summed E-state index contributed by atoms with van der Waals surface area (Å²) in [4.78, 5) is 29.5. The number of nitrogens with zero attached hydrogens (tertiary/aromatic N) is 2. The van der Waals surface area contributed by atoms with Crippen molar-refractivity contribution in [1.82, 2.24) is 9.80 Å². The minimum absolute atomic E-state index is 0.0648. The Hall–Kier alpha value is -1.84. The molecule has 0 aliphatic carbocycles. The van der Waals surface area contributed by atoms with Crippen molar-refractivity contribution in [1.29, 1.82) is 0 Å². The molecule has 4 nitrogen and oxygen atoms in total. The Morgan fingerprint density at radius 3 is 2.33 bits per heavy atom. The fourth-order valence-electron chi connectivity index (χ4n) is 3.92. The molecule has 0 bridgehead atoms. The largest absolute Gasteiger partial charge is 0.339 e. The Kier molecular flexibility index (Phi) is 5.54. The molecular weight excluding hydrogens is 300 g/mol. The van der Waals surface area contributed by atoms with Crippen LogP contribution in [0.1, 0.15) is 72.6 Å². The lowest BCUT2D eigenvalue weighted by atomic mass is 9.98. The summed E-state index contributed by atoms with van der Waals surface area (Å²) in [6.07, 6.45) is 7.74. The SMILES string of the molecule is CCC1CCCCN1C(=O)c1cccc(C(=O)N2CCCCC2)c1. The summed E-state index contributed by atoms with van der Waals surface area (Å²) in [5, 5.41) is 0. The van der Waals surface area contributed by atoms with E-state index in [1.54, 1.807) is 6.07 Å². The molecule has 2 heterocycles. The van der Waals surface area contributed by atoms with Gasteiger partial charge in [-0.3, -0.25) is 9.59 Å². The van der Waals surface area contributed by atoms with Crippen LogP contribution in [-0.2, 0) is 0 Å². The van der Waals surface area contributed by atoms with E-state index in [4.69, 9.17) is 0 Å². The normalized spacial score (nSPS) is 21.6. The second-order valence-electron chi connectivity index (χ2n) is 6.99. The number of carbonyl (C=O) groups excluding carboxylic acids is 2. The molecule has 24 heavy (non-hydrogen) atoms. The first-order valence-corrected chi connectivity index (χ1v) is 9.41. The summed E-state index contributed by atoms with van der Waals surface area (Å²) >= 11 is 0. The molecule has 1 aromatic carbocycles. The van der Waals surface area contributed by atoms with Gasteiger partial charge < -0.3 is 9.80 Å². The Morgan fingerprint density at radius 2 is 1.62 bits per heavy atom. The molecule has 2 fully saturated rings. The van der Waals surface area contributed by atoms with Crippen molar-refractivity contribution in [2.45, 2.75) is 57.9 Å². The fraction of sp³-hybridized carbons (Fsp3) is 0.600. The number of hydrogen-bond donors (Lipinski definition) is 0. The Balaban J connectivity index is 1.76. The average molecular weight is 328 g/mol. The summed E-state index contributed by atoms with van der Waals surface area (Å²) in [7, 11) is 0. The molecule has 0 N–H and O–H groups in total. The van der Waals surface area contributed by atoms with Crippen molar-refractivity contribution in [3.05, 3.63) is 35.4 Å². The van der Waals surface area contributed by atoms with E-state index in [1.807, 2.05) is 28.0 Å². The van der Waals surface area contributed by atoms with E-state index in [1.165, 1.54) is 12.8 Å². The second-order valence-corrected chi connectivity index (χ2v) is 6.99. The maximum atomic E-state index is 12.9. The van der Waals surface area contributed by atoms with Crippen LogP contribution in [-0.4, -0.2) is 47.3 Å². The van der Waals surface area contributed by atoms with Gasteiger partial charge in [0.05, 0.1) is 0 Å². The Bertz CT molecular complexity index is 593. The molecule has 130 valence electrons. The fourth-order valence-corrected chi connectivity index (χ4v) is 3.92. The van der Waals surface area contributed by atoms with Crippen LogP contribution in [0.4, 0.5) is 0 Å². The van der Waals surface area contributed by atoms with Gasteiger partial charge in [-0.05, 0) is 63.1 Å². The third-order valence-corrected chi connectivity index (χ3v) is 5.36. The highest BCUT2D eigenvalue weighted by Crippen LogP contribution is 2.22. The predicted molar refractivity (Wildman–Crippen MR) is 95.2 cm³/mol. The minimum atomic E-state index is 0.0648. The molecule has 0 aromatic heterocycles. The van der Waals surface area contributed by atoms with Gasteiger partial charge in [0.25, 0.3) is 11.8 Å². The molecule has 2 saturated heterocycles. The van der Waals surface area contributed by atoms with Crippen LogP contribution in [0.25, 0.3) is 0 Å². The lowest BCUT2D eigenvalue weighted by molar-refractivity contribution is 0.0608. The molecule has 2 aliphatic heterocycles. The van der Waals surface area contributed by atoms with Gasteiger partial charge in [0, 0.05) is 36.8 Å². The lowest BCUT2D eigenvalue weighted by Gasteiger charge is -2.35. The first-order chi connectivity index (χ1) is 11.7. The van der Waals surface area contributed by atoms with Gasteiger partial charge in [0.1, 0.15) is 0 Å². The zero-order valence-corrected chi connectivity index (χ0v) is 14.7. The highest BCUT2D eigenvalue weighted by atomic mass is 16.2. The summed E-state index contributed by atoms with van der Waals surface area (Å²) < 4.78 is 0. The van der Waals surface area contributed by atoms with Gasteiger partial charge >= 0.3 is 0 Å². The summed E-state index contributed by atoms with van der Waals surface area (Å²) in [6.45, 7) is 4.65. The number of piperidine rings is 2. The monoisotopic (exact) mass is 328 g/mol. The van der Waals surface area contributed by atoms with Crippen LogP contribution in [0.15, 0.2) is 24.3 Å². The molecule has 4 heteroatoms. The molecular formula is C20H28N2O2. The maximum Gasteiger partial charge on any atom is 0.254 e. The zero-order chi connectivity index (χ0) is 16.9. The Morgan fingerprint density at radius 1 is 0.958 bits per heavy atom. The quantitative estimate of drug-likeness (QED) is 0.848. The molecule has 0 saturated carbocycles. The smallest absolute Gasteiger partial charge is 0.254 e. The number of amides is 2. The van der Waals surface area contributed by atoms with Crippen molar-refractivity contribution in [3.63, 3.8) is 0 Å². The minimum Gasteiger partial charge on any atom is -0.339 e. The molecule has 3 rings (SSSR count). The van der Waals surface area contributed by atoms with Gasteiger partial charge in [-0.1, -0.05) is 13.0 Å². The number of likely N-dealkylation sites (tertiary alicyclic amines) is 2. The van der Waals surface area contributed by atoms with E-state index < -0.39 is 0 Å². The van der Waals surface area contributed by atoms with Crippen LogP contribution in [0.3, 0.4) is 0 Å². The molecule has 0 spiro atoms. The average Bonchev–Trinajstić information content (AvgIpc) is 2.67. The van der Waals surface area contributed by atoms with Crippen LogP contribution < -0.4 is 0 Å². The molecule has 0 radical (unpaired) electrons. The van der Waals surface area contributed by atoms with Crippen LogP contribution in [0.2, 0.25) is 0 Å². The first-order valence-electron chi connectivity index (χ1n) is 9.41. The highest BCUT2D eigenvalue weighted by molar-refractivity contribution is 5.99. The van der Waals surface area contributed by atoms with Crippen LogP contribution >= 0.6 is 0 Å². The van der Waals surface area contributed by atoms with E-state index in [-0.39, 0.29) is 11.8 Å². The standard InChI is InChI=1S/C20H28N2O2/c1-2-18-11-4-7-14-22(18)20(24)17-10-8-9-16(15-17)19(23)21-12-5-3-6-13-21/h8-10,15,18H,2-7,11-14H2,1H3. The van der Waals surface area contributed by atoms with Gasteiger partial charge in [0.15, 0.2) is 0 Å². The topological polar surface area (TPSA) is 40.6 Å². The highest BCUT2D eigenvalue weighted by Gasteiger charge is 2.27. The number of hydrogen-bond acceptors (Lipinski definition) is 2. The van der Waals surface area contributed by atoms with E-state index in [9.17, 15) is 9.59 Å². The first kappa shape index (κ1) is 17.0. The number of carbonyl (C=O) groups is 2. The van der Waals surface area contributed by atoms with Crippen molar-refractivity contribution in [2.75, 3.05) is 19.6 Å². The van der Waals surface area contributed by atoms with E-state index in [0.717, 1.165) is 51.7 Å². The van der Waals surface area contributed by atoms with Gasteiger partial charge in [-0.15, -0.1) is 0 Å². The van der Waals surface area contributed by atoms with Crippen LogP contribution in [0.5, 0.6) is 0 Å². The maximum absolute atomic E-state index is 12.9. The van der Waals surface area contributed by atoms with Crippen molar-refractivity contribution in [2.24, 2.45) is 0 Å². The summed E-state index contributed by atoms with van der Waals surface area (Å²) in [6, 6.07) is 7.65. The number of benzene rings is 1.